The molecular formula is C18H14Cl2N2O4. The summed E-state index contributed by atoms with van der Waals surface area (Å²) in [4.78, 5) is 12.2. The summed E-state index contributed by atoms with van der Waals surface area (Å²) >= 11 is 12.1. The van der Waals surface area contributed by atoms with Gasteiger partial charge >= 0.3 is 5.91 Å². The summed E-state index contributed by atoms with van der Waals surface area (Å²) in [5.41, 5.74) is 3.59. The second-order valence-corrected chi connectivity index (χ2v) is 6.07. The van der Waals surface area contributed by atoms with Gasteiger partial charge in [-0.2, -0.15) is 5.10 Å². The minimum Gasteiger partial charge on any atom is -0.493 e. The number of nitrogens with one attached hydrogen (secondary N) is 1. The molecule has 0 spiro atoms. The third kappa shape index (κ3) is 3.76. The second-order valence-electron chi connectivity index (χ2n) is 5.23. The average molecular weight is 393 g/mol. The Balaban J connectivity index is 1.75. The van der Waals surface area contributed by atoms with Gasteiger partial charge in [-0.15, -0.1) is 0 Å². The first-order chi connectivity index (χ1) is 12.5. The maximum Gasteiger partial charge on any atom is 0.307 e. The lowest BCUT2D eigenvalue weighted by molar-refractivity contribution is 0.0929. The van der Waals surface area contributed by atoms with E-state index in [2.05, 4.69) is 10.5 Å². The molecule has 0 saturated carbocycles. The summed E-state index contributed by atoms with van der Waals surface area (Å²) in [6, 6.07) is 10.0. The predicted molar refractivity (Wildman–Crippen MR) is 101 cm³/mol. The van der Waals surface area contributed by atoms with Crippen LogP contribution in [-0.2, 0) is 0 Å². The number of nitrogens with zero attached hydrogens (tertiary/aromatic N) is 1. The zero-order valence-corrected chi connectivity index (χ0v) is 15.4. The van der Waals surface area contributed by atoms with Crippen molar-refractivity contribution in [1.29, 1.82) is 0 Å². The summed E-state index contributed by atoms with van der Waals surface area (Å²) in [6.07, 6.45) is 1.44. The molecule has 0 aliphatic heterocycles. The zero-order chi connectivity index (χ0) is 18.7. The summed E-state index contributed by atoms with van der Waals surface area (Å²) in [6.45, 7) is 0. The van der Waals surface area contributed by atoms with Crippen LogP contribution in [-0.4, -0.2) is 26.3 Å². The number of benzene rings is 2. The number of carbonyl (C=O) groups excluding carboxylic acids is 1. The van der Waals surface area contributed by atoms with Crippen LogP contribution in [0.15, 0.2) is 45.9 Å². The summed E-state index contributed by atoms with van der Waals surface area (Å²) in [5.74, 6) is 0.531. The third-order valence-corrected chi connectivity index (χ3v) is 4.05. The predicted octanol–water partition coefficient (Wildman–Crippen LogP) is 4.52. The van der Waals surface area contributed by atoms with Crippen molar-refractivity contribution in [1.82, 2.24) is 5.43 Å². The van der Waals surface area contributed by atoms with Crippen molar-refractivity contribution in [2.45, 2.75) is 0 Å². The number of hydrogen-bond donors (Lipinski definition) is 1. The largest absolute Gasteiger partial charge is 0.493 e. The molecule has 2 aromatic carbocycles. The zero-order valence-electron chi connectivity index (χ0n) is 13.9. The molecule has 0 radical (unpaired) electrons. The fourth-order valence-electron chi connectivity index (χ4n) is 2.36. The Kier molecular flexibility index (Phi) is 5.35. The molecule has 0 aliphatic rings. The first-order valence-corrected chi connectivity index (χ1v) is 8.21. The number of hydrazone groups is 1. The highest BCUT2D eigenvalue weighted by Crippen LogP contribution is 2.35. The molecule has 3 aromatic rings. The number of fused-ring (bicyclic) bond motifs is 1. The van der Waals surface area contributed by atoms with Crippen LogP contribution in [0.3, 0.4) is 0 Å². The van der Waals surface area contributed by atoms with E-state index < -0.39 is 5.91 Å². The van der Waals surface area contributed by atoms with Gasteiger partial charge in [-0.1, -0.05) is 23.2 Å². The van der Waals surface area contributed by atoms with Crippen molar-refractivity contribution in [3.63, 3.8) is 0 Å². The Morgan fingerprint density at radius 3 is 2.69 bits per heavy atom. The molecule has 1 N–H and O–H groups in total. The van der Waals surface area contributed by atoms with Crippen LogP contribution in [0.25, 0.3) is 11.0 Å². The summed E-state index contributed by atoms with van der Waals surface area (Å²) in [5, 5.41) is 5.58. The molecule has 26 heavy (non-hydrogen) atoms. The van der Waals surface area contributed by atoms with E-state index in [1.165, 1.54) is 20.4 Å². The molecule has 134 valence electrons. The van der Waals surface area contributed by atoms with Crippen LogP contribution in [0.5, 0.6) is 11.5 Å². The fraction of sp³-hybridized carbons (Fsp3) is 0.111. The molecule has 3 rings (SSSR count). The number of halogens is 2. The topological polar surface area (TPSA) is 73.1 Å². The lowest BCUT2D eigenvalue weighted by Gasteiger charge is -2.09. The molecule has 1 heterocycles. The van der Waals surface area contributed by atoms with Crippen LogP contribution in [0, 0.1) is 0 Å². The van der Waals surface area contributed by atoms with Crippen LogP contribution < -0.4 is 14.9 Å². The van der Waals surface area contributed by atoms with E-state index in [-0.39, 0.29) is 5.76 Å². The second kappa shape index (κ2) is 7.68. The lowest BCUT2D eigenvalue weighted by Crippen LogP contribution is -2.16. The fourth-order valence-corrected chi connectivity index (χ4v) is 2.84. The van der Waals surface area contributed by atoms with Crippen LogP contribution >= 0.6 is 23.2 Å². The van der Waals surface area contributed by atoms with Crippen molar-refractivity contribution in [2.24, 2.45) is 5.10 Å². The Hall–Kier alpha value is -2.70. The Labute approximate surface area is 159 Å². The van der Waals surface area contributed by atoms with Crippen LogP contribution in [0.2, 0.25) is 10.0 Å². The average Bonchev–Trinajstić information content (AvgIpc) is 3.04. The van der Waals surface area contributed by atoms with Gasteiger partial charge < -0.3 is 13.9 Å². The van der Waals surface area contributed by atoms with E-state index in [0.29, 0.717) is 32.7 Å². The van der Waals surface area contributed by atoms with Gasteiger partial charge in [0.05, 0.1) is 25.5 Å². The summed E-state index contributed by atoms with van der Waals surface area (Å²) < 4.78 is 15.9. The number of rotatable bonds is 5. The van der Waals surface area contributed by atoms with Crippen molar-refractivity contribution in [2.75, 3.05) is 14.2 Å². The van der Waals surface area contributed by atoms with E-state index in [0.717, 1.165) is 5.39 Å². The van der Waals surface area contributed by atoms with Gasteiger partial charge in [-0.25, -0.2) is 5.43 Å². The number of furan rings is 1. The van der Waals surface area contributed by atoms with Crippen LogP contribution in [0.1, 0.15) is 16.1 Å². The van der Waals surface area contributed by atoms with Gasteiger partial charge in [-0.3, -0.25) is 4.79 Å². The Bertz CT molecular complexity index is 998. The molecular weight excluding hydrogens is 379 g/mol. The minimum atomic E-state index is -0.486. The lowest BCUT2D eigenvalue weighted by atomic mass is 10.2. The normalized spacial score (nSPS) is 11.1. The molecule has 6 nitrogen and oxygen atoms in total. The standard InChI is InChI=1S/C18H14Cl2N2O4/c1-24-15-6-10(5-13(20)17(15)25-2)9-21-22-18(23)16-8-11-7-12(19)3-4-14(11)26-16/h3-9H,1-2H3,(H,22,23)/b21-9+. The molecule has 0 saturated heterocycles. The quantitative estimate of drug-likeness (QED) is 0.511. The van der Waals surface area contributed by atoms with Gasteiger partial charge in [-0.05, 0) is 42.0 Å². The molecule has 1 amide bonds. The van der Waals surface area contributed by atoms with Gasteiger partial charge in [0.1, 0.15) is 5.58 Å². The van der Waals surface area contributed by atoms with Gasteiger partial charge in [0.15, 0.2) is 17.3 Å². The van der Waals surface area contributed by atoms with E-state index >= 15 is 0 Å². The Morgan fingerprint density at radius 1 is 1.15 bits per heavy atom. The molecule has 1 aromatic heterocycles. The highest BCUT2D eigenvalue weighted by molar-refractivity contribution is 6.32. The maximum absolute atomic E-state index is 12.2. The molecule has 0 fully saturated rings. The van der Waals surface area contributed by atoms with E-state index in [1.54, 1.807) is 36.4 Å². The third-order valence-electron chi connectivity index (χ3n) is 3.54. The first-order valence-electron chi connectivity index (χ1n) is 7.46. The van der Waals surface area contributed by atoms with Crippen molar-refractivity contribution >= 4 is 46.3 Å². The monoisotopic (exact) mass is 392 g/mol. The molecule has 0 aliphatic carbocycles. The summed E-state index contributed by atoms with van der Waals surface area (Å²) in [7, 11) is 3.00. The van der Waals surface area contributed by atoms with Gasteiger partial charge in [0.2, 0.25) is 0 Å². The van der Waals surface area contributed by atoms with Gasteiger partial charge in [0.25, 0.3) is 0 Å². The number of hydrogen-bond acceptors (Lipinski definition) is 5. The first kappa shape index (κ1) is 18.1. The molecule has 0 unspecified atom stereocenters. The van der Waals surface area contributed by atoms with Crippen molar-refractivity contribution < 1.29 is 18.7 Å². The maximum atomic E-state index is 12.2. The highest BCUT2D eigenvalue weighted by Gasteiger charge is 2.12. The number of ether oxygens (including phenoxy) is 2. The number of amides is 1. The van der Waals surface area contributed by atoms with E-state index in [4.69, 9.17) is 37.1 Å². The smallest absolute Gasteiger partial charge is 0.307 e. The number of carbonyl (C=O) groups is 1. The SMILES string of the molecule is COc1cc(/C=N/NC(=O)c2cc3cc(Cl)ccc3o2)cc(Cl)c1OC. The highest BCUT2D eigenvalue weighted by atomic mass is 35.5. The van der Waals surface area contributed by atoms with Gasteiger partial charge in [0, 0.05) is 10.4 Å². The molecule has 8 heteroatoms. The van der Waals surface area contributed by atoms with E-state index in [9.17, 15) is 4.79 Å². The Morgan fingerprint density at radius 2 is 1.96 bits per heavy atom. The minimum absolute atomic E-state index is 0.129. The van der Waals surface area contributed by atoms with Crippen LogP contribution in [0.4, 0.5) is 0 Å². The van der Waals surface area contributed by atoms with E-state index in [1.807, 2.05) is 0 Å². The molecule has 0 atom stereocenters. The van der Waals surface area contributed by atoms with Crippen molar-refractivity contribution in [3.05, 3.63) is 57.8 Å². The van der Waals surface area contributed by atoms with Crippen molar-refractivity contribution in [3.8, 4) is 11.5 Å². The molecule has 0 bridgehead atoms. The number of methoxy groups -OCH3 is 2.